The van der Waals surface area contributed by atoms with Gasteiger partial charge in [-0.3, -0.25) is 0 Å². The molecule has 0 bridgehead atoms. The zero-order chi connectivity index (χ0) is 15.4. The molecule has 0 N–H and O–H groups in total. The molecule has 21 heavy (non-hydrogen) atoms. The number of rotatable bonds is 6. The number of alkyl halides is 3. The second-order valence-corrected chi connectivity index (χ2v) is 6.24. The molecule has 0 radical (unpaired) electrons. The third kappa shape index (κ3) is 3.73. The standard InChI is InChI=1S/C16H27F3O2/c1-3-5-8-21-12-9-10-6-7-11(20-4-2)14(17)13(10)16(19)15(12)18/h10-16H,3-9H2,1-2H3. The summed E-state index contributed by atoms with van der Waals surface area (Å²) in [6.07, 6.45) is -2.72. The van der Waals surface area contributed by atoms with Crippen molar-refractivity contribution in [3.8, 4) is 0 Å². The topological polar surface area (TPSA) is 18.5 Å². The van der Waals surface area contributed by atoms with E-state index in [1.54, 1.807) is 6.92 Å². The van der Waals surface area contributed by atoms with Gasteiger partial charge in [0.25, 0.3) is 0 Å². The van der Waals surface area contributed by atoms with E-state index in [2.05, 4.69) is 0 Å². The average molecular weight is 308 g/mol. The Kier molecular flexibility index (Phi) is 6.35. The van der Waals surface area contributed by atoms with Gasteiger partial charge in [0.15, 0.2) is 6.17 Å². The Morgan fingerprint density at radius 1 is 0.905 bits per heavy atom. The first-order valence-corrected chi connectivity index (χ1v) is 8.25. The highest BCUT2D eigenvalue weighted by molar-refractivity contribution is 5.01. The van der Waals surface area contributed by atoms with Crippen LogP contribution < -0.4 is 0 Å². The van der Waals surface area contributed by atoms with E-state index in [4.69, 9.17) is 9.47 Å². The summed E-state index contributed by atoms with van der Waals surface area (Å²) in [6.45, 7) is 4.67. The minimum absolute atomic E-state index is 0.134. The molecule has 2 aliphatic rings. The maximum atomic E-state index is 14.5. The van der Waals surface area contributed by atoms with Crippen molar-refractivity contribution in [1.82, 2.24) is 0 Å². The molecule has 0 heterocycles. The van der Waals surface area contributed by atoms with Crippen LogP contribution >= 0.6 is 0 Å². The van der Waals surface area contributed by atoms with Gasteiger partial charge in [-0.15, -0.1) is 0 Å². The number of hydrogen-bond acceptors (Lipinski definition) is 2. The quantitative estimate of drug-likeness (QED) is 0.690. The van der Waals surface area contributed by atoms with Crippen LogP contribution in [0.5, 0.6) is 0 Å². The molecular weight excluding hydrogens is 281 g/mol. The lowest BCUT2D eigenvalue weighted by molar-refractivity contribution is -0.150. The summed E-state index contributed by atoms with van der Waals surface area (Å²) in [5.74, 6) is -1.01. The van der Waals surface area contributed by atoms with Gasteiger partial charge in [-0.05, 0) is 38.5 Å². The molecule has 2 saturated carbocycles. The molecule has 0 aromatic carbocycles. The first kappa shape index (κ1) is 17.1. The fraction of sp³-hybridized carbons (Fsp3) is 1.00. The van der Waals surface area contributed by atoms with Gasteiger partial charge in [-0.2, -0.15) is 0 Å². The summed E-state index contributed by atoms with van der Waals surface area (Å²) in [4.78, 5) is 0. The number of ether oxygens (including phenoxy) is 2. The molecule has 0 saturated heterocycles. The van der Waals surface area contributed by atoms with Gasteiger partial charge < -0.3 is 9.47 Å². The highest BCUT2D eigenvalue weighted by Gasteiger charge is 2.53. The minimum atomic E-state index is -1.78. The van der Waals surface area contributed by atoms with Gasteiger partial charge in [-0.1, -0.05) is 13.3 Å². The van der Waals surface area contributed by atoms with E-state index >= 15 is 0 Å². The molecule has 0 aromatic rings. The van der Waals surface area contributed by atoms with Crippen molar-refractivity contribution in [3.63, 3.8) is 0 Å². The Morgan fingerprint density at radius 3 is 2.33 bits per heavy atom. The Bertz CT molecular complexity index is 314. The molecule has 0 amide bonds. The maximum Gasteiger partial charge on any atom is 0.157 e. The van der Waals surface area contributed by atoms with Crippen molar-refractivity contribution >= 4 is 0 Å². The van der Waals surface area contributed by atoms with E-state index in [0.717, 1.165) is 12.8 Å². The summed E-state index contributed by atoms with van der Waals surface area (Å²) >= 11 is 0. The largest absolute Gasteiger partial charge is 0.375 e. The monoisotopic (exact) mass is 308 g/mol. The molecule has 5 heteroatoms. The lowest BCUT2D eigenvalue weighted by Crippen LogP contribution is -2.55. The van der Waals surface area contributed by atoms with Crippen molar-refractivity contribution in [2.75, 3.05) is 13.2 Å². The predicted octanol–water partition coefficient (Wildman–Crippen LogP) is 4.02. The van der Waals surface area contributed by atoms with Crippen molar-refractivity contribution in [2.24, 2.45) is 11.8 Å². The highest BCUT2D eigenvalue weighted by Crippen LogP contribution is 2.46. The zero-order valence-corrected chi connectivity index (χ0v) is 12.9. The van der Waals surface area contributed by atoms with Gasteiger partial charge in [-0.25, -0.2) is 13.2 Å². The van der Waals surface area contributed by atoms with E-state index in [0.29, 0.717) is 32.5 Å². The van der Waals surface area contributed by atoms with Gasteiger partial charge in [0.05, 0.1) is 12.2 Å². The molecule has 0 spiro atoms. The van der Waals surface area contributed by atoms with Gasteiger partial charge in [0, 0.05) is 19.1 Å². The number of unbranched alkanes of at least 4 members (excludes halogenated alkanes) is 1. The molecule has 2 nitrogen and oxygen atoms in total. The smallest absolute Gasteiger partial charge is 0.157 e. The van der Waals surface area contributed by atoms with Crippen LogP contribution in [0.2, 0.25) is 0 Å². The van der Waals surface area contributed by atoms with Crippen LogP contribution in [-0.4, -0.2) is 43.9 Å². The fourth-order valence-electron chi connectivity index (χ4n) is 3.72. The van der Waals surface area contributed by atoms with E-state index in [-0.39, 0.29) is 5.92 Å². The summed E-state index contributed by atoms with van der Waals surface area (Å²) < 4.78 is 53.9. The molecule has 7 atom stereocenters. The van der Waals surface area contributed by atoms with Crippen LogP contribution in [0, 0.1) is 11.8 Å². The second-order valence-electron chi connectivity index (χ2n) is 6.24. The molecule has 0 aliphatic heterocycles. The van der Waals surface area contributed by atoms with E-state index in [1.165, 1.54) is 0 Å². The lowest BCUT2D eigenvalue weighted by atomic mass is 9.66. The highest BCUT2D eigenvalue weighted by atomic mass is 19.2. The Hall–Kier alpha value is -0.290. The second kappa shape index (κ2) is 7.82. The Morgan fingerprint density at radius 2 is 1.67 bits per heavy atom. The van der Waals surface area contributed by atoms with Crippen LogP contribution in [0.1, 0.15) is 46.0 Å². The number of fused-ring (bicyclic) bond motifs is 1. The normalized spacial score (nSPS) is 43.6. The third-order valence-electron chi connectivity index (χ3n) is 4.86. The van der Waals surface area contributed by atoms with Crippen LogP contribution in [0.4, 0.5) is 13.2 Å². The van der Waals surface area contributed by atoms with E-state index < -0.39 is 36.6 Å². The summed E-state index contributed by atoms with van der Waals surface area (Å²) in [6, 6.07) is 0. The average Bonchev–Trinajstić information content (AvgIpc) is 2.47. The summed E-state index contributed by atoms with van der Waals surface area (Å²) in [5.41, 5.74) is 0. The SMILES string of the molecule is CCCCOC1CC2CCC(OCC)C(F)C2C(F)C1F. The molecular formula is C16H27F3O2. The number of halogens is 3. The molecule has 2 rings (SSSR count). The third-order valence-corrected chi connectivity index (χ3v) is 4.86. The predicted molar refractivity (Wildman–Crippen MR) is 75.6 cm³/mol. The Balaban J connectivity index is 1.98. The molecule has 124 valence electrons. The lowest BCUT2D eigenvalue weighted by Gasteiger charge is -2.46. The van der Waals surface area contributed by atoms with Crippen molar-refractivity contribution in [1.29, 1.82) is 0 Å². The number of hydrogen-bond donors (Lipinski definition) is 0. The summed E-state index contributed by atoms with van der Waals surface area (Å²) in [5, 5.41) is 0. The van der Waals surface area contributed by atoms with E-state index in [1.807, 2.05) is 6.92 Å². The van der Waals surface area contributed by atoms with Gasteiger partial charge in [0.1, 0.15) is 12.3 Å². The minimum Gasteiger partial charge on any atom is -0.375 e. The molecule has 0 aromatic heterocycles. The van der Waals surface area contributed by atoms with E-state index in [9.17, 15) is 13.2 Å². The zero-order valence-electron chi connectivity index (χ0n) is 12.9. The van der Waals surface area contributed by atoms with Crippen molar-refractivity contribution in [2.45, 2.75) is 76.7 Å². The van der Waals surface area contributed by atoms with Crippen molar-refractivity contribution < 1.29 is 22.6 Å². The molecule has 2 aliphatic carbocycles. The first-order chi connectivity index (χ1) is 10.1. The molecule has 2 fully saturated rings. The maximum absolute atomic E-state index is 14.5. The van der Waals surface area contributed by atoms with Gasteiger partial charge in [0.2, 0.25) is 0 Å². The van der Waals surface area contributed by atoms with Crippen LogP contribution in [0.15, 0.2) is 0 Å². The van der Waals surface area contributed by atoms with Crippen LogP contribution in [-0.2, 0) is 9.47 Å². The Labute approximate surface area is 125 Å². The van der Waals surface area contributed by atoms with Crippen LogP contribution in [0.3, 0.4) is 0 Å². The summed E-state index contributed by atoms with van der Waals surface area (Å²) in [7, 11) is 0. The fourth-order valence-corrected chi connectivity index (χ4v) is 3.72. The van der Waals surface area contributed by atoms with Crippen LogP contribution in [0.25, 0.3) is 0 Å². The molecule has 7 unspecified atom stereocenters. The van der Waals surface area contributed by atoms with Crippen molar-refractivity contribution in [3.05, 3.63) is 0 Å². The first-order valence-electron chi connectivity index (χ1n) is 8.25. The van der Waals surface area contributed by atoms with Gasteiger partial charge >= 0.3 is 0 Å².